The number of benzene rings is 2. The quantitative estimate of drug-likeness (QED) is 0.0496. The molecule has 1 aromatic heterocycles. The van der Waals surface area contributed by atoms with Crippen molar-refractivity contribution in [1.29, 1.82) is 0 Å². The lowest BCUT2D eigenvalue weighted by Gasteiger charge is -2.39. The van der Waals surface area contributed by atoms with Gasteiger partial charge in [0.25, 0.3) is 11.8 Å². The van der Waals surface area contributed by atoms with Crippen LogP contribution in [0.2, 0.25) is 0 Å². The number of ether oxygens (including phenoxy) is 2. The summed E-state index contributed by atoms with van der Waals surface area (Å²) >= 11 is 0. The van der Waals surface area contributed by atoms with Crippen LogP contribution in [0.25, 0.3) is 16.9 Å². The first kappa shape index (κ1) is 62.9. The second kappa shape index (κ2) is 29.9. The Balaban J connectivity index is 1.38. The molecule has 1 saturated carbocycles. The van der Waals surface area contributed by atoms with Crippen molar-refractivity contribution in [3.05, 3.63) is 71.4 Å². The van der Waals surface area contributed by atoms with Crippen molar-refractivity contribution >= 4 is 41.6 Å². The van der Waals surface area contributed by atoms with Crippen molar-refractivity contribution in [2.75, 3.05) is 133 Å². The first-order valence-corrected chi connectivity index (χ1v) is 27.0. The molecule has 434 valence electrons. The van der Waals surface area contributed by atoms with Crippen LogP contribution in [0.3, 0.4) is 0 Å². The molecule has 23 heteroatoms. The molecule has 1 aliphatic heterocycles. The highest BCUT2D eigenvalue weighted by Gasteiger charge is 2.46. The Kier molecular flexibility index (Phi) is 23.8. The standard InChI is InChI=1S/C56H82N10O13/c1-9-40-17-18-56(55(76)77,39(4)31-40)58-53(74)43-33-45(52-46(78-7)13-10-14-47(52)79-8)66(59-43)44-16-15-41(32-42(44)38(2)3)54(75)65(22-12-20-60(5)6)21-11-19-57-48(67)34-61-23-25-62(35-49(68)69)27-29-64(37-51(72)73)30-28-63(26-24-61)36-50(70)71/h10,13-16,32-33,38,40H,4,9,11-12,17-31,34-37H2,1-3,5-8H3,(H,57,67)(H,58,74)(H,68,69)(H,70,71)(H,72,73)(H,76,77). The Hall–Kier alpha value is -6.92. The minimum absolute atomic E-state index is 0.0466. The van der Waals surface area contributed by atoms with E-state index in [4.69, 9.17) is 14.6 Å². The number of carbonyl (C=O) groups is 7. The highest BCUT2D eigenvalue weighted by molar-refractivity contribution is 5.99. The van der Waals surface area contributed by atoms with Gasteiger partial charge in [-0.05, 0) is 112 Å². The predicted octanol–water partition coefficient (Wildman–Crippen LogP) is 3.38. The molecule has 6 N–H and O–H groups in total. The minimum Gasteiger partial charge on any atom is -0.496 e. The molecular weight excluding hydrogens is 1020 g/mol. The zero-order valence-corrected chi connectivity index (χ0v) is 47.0. The summed E-state index contributed by atoms with van der Waals surface area (Å²) in [4.78, 5) is 101. The number of amides is 3. The van der Waals surface area contributed by atoms with E-state index in [0.29, 0.717) is 98.0 Å². The van der Waals surface area contributed by atoms with Gasteiger partial charge in [0.2, 0.25) is 5.91 Å². The largest absolute Gasteiger partial charge is 0.496 e. The molecule has 0 radical (unpaired) electrons. The molecule has 0 spiro atoms. The molecule has 2 aliphatic rings. The molecule has 1 aliphatic carbocycles. The number of hydrogen-bond acceptors (Lipinski definition) is 15. The van der Waals surface area contributed by atoms with Crippen LogP contribution in [-0.2, 0) is 24.0 Å². The molecule has 3 aromatic rings. The van der Waals surface area contributed by atoms with Crippen LogP contribution in [0, 0.1) is 5.92 Å². The third-order valence-corrected chi connectivity index (χ3v) is 14.7. The van der Waals surface area contributed by atoms with Crippen molar-refractivity contribution in [3.63, 3.8) is 0 Å². The van der Waals surface area contributed by atoms with Gasteiger partial charge in [-0.1, -0.05) is 39.8 Å². The molecule has 5 rings (SSSR count). The maximum atomic E-state index is 14.7. The van der Waals surface area contributed by atoms with Crippen molar-refractivity contribution in [1.82, 2.24) is 49.8 Å². The predicted molar refractivity (Wildman–Crippen MR) is 296 cm³/mol. The third-order valence-electron chi connectivity index (χ3n) is 14.7. The zero-order chi connectivity index (χ0) is 58.0. The maximum Gasteiger partial charge on any atom is 0.333 e. The van der Waals surface area contributed by atoms with Crippen LogP contribution in [0.4, 0.5) is 0 Å². The van der Waals surface area contributed by atoms with Gasteiger partial charge >= 0.3 is 23.9 Å². The number of hydrogen-bond donors (Lipinski definition) is 6. The number of carboxylic acids is 4. The highest BCUT2D eigenvalue weighted by atomic mass is 16.5. The topological polar surface area (TPSA) is 280 Å². The SMILES string of the molecule is C=C1CC(CC)CCC1(NC(=O)c1cc(-c2c(OC)cccc2OC)n(-c2ccc(C(=O)N(CCCNC(=O)CN3CCN(CC(=O)O)CCN(CC(=O)O)CCN(CC(=O)O)CC3)CCCN(C)C)cc2C(C)C)n1)C(=O)O. The number of nitrogens with one attached hydrogen (secondary N) is 2. The number of aromatic nitrogens is 2. The van der Waals surface area contributed by atoms with Gasteiger partial charge in [0.05, 0.1) is 57.3 Å². The molecule has 2 aromatic carbocycles. The molecule has 0 bridgehead atoms. The van der Waals surface area contributed by atoms with E-state index in [1.165, 1.54) is 14.2 Å². The Morgan fingerprint density at radius 3 is 1.76 bits per heavy atom. The van der Waals surface area contributed by atoms with E-state index < -0.39 is 35.3 Å². The summed E-state index contributed by atoms with van der Waals surface area (Å²) in [5.74, 6) is -4.61. The number of aliphatic carboxylic acids is 4. The van der Waals surface area contributed by atoms with Gasteiger partial charge in [-0.3, -0.25) is 48.4 Å². The lowest BCUT2D eigenvalue weighted by Crippen LogP contribution is -2.57. The van der Waals surface area contributed by atoms with Crippen LogP contribution < -0.4 is 20.1 Å². The third kappa shape index (κ3) is 17.8. The van der Waals surface area contributed by atoms with Gasteiger partial charge in [-0.15, -0.1) is 0 Å². The normalized spacial score (nSPS) is 18.3. The van der Waals surface area contributed by atoms with E-state index in [-0.39, 0.29) is 108 Å². The summed E-state index contributed by atoms with van der Waals surface area (Å²) in [5, 5.41) is 49.9. The lowest BCUT2D eigenvalue weighted by atomic mass is 9.72. The number of carbonyl (C=O) groups excluding carboxylic acids is 3. The summed E-state index contributed by atoms with van der Waals surface area (Å²) in [6.45, 7) is 13.1. The monoisotopic (exact) mass is 1100 g/mol. The van der Waals surface area contributed by atoms with Crippen LogP contribution >= 0.6 is 0 Å². The van der Waals surface area contributed by atoms with Crippen LogP contribution in [-0.4, -0.2) is 240 Å². The van der Waals surface area contributed by atoms with Crippen molar-refractivity contribution in [2.45, 2.75) is 70.8 Å². The summed E-state index contributed by atoms with van der Waals surface area (Å²) in [6, 6.07) is 12.2. The van der Waals surface area contributed by atoms with E-state index in [1.54, 1.807) is 60.7 Å². The van der Waals surface area contributed by atoms with Gasteiger partial charge in [-0.25, -0.2) is 9.48 Å². The molecule has 2 heterocycles. The molecule has 2 fully saturated rings. The second-order valence-corrected chi connectivity index (χ2v) is 21.0. The Morgan fingerprint density at radius 1 is 0.759 bits per heavy atom. The fourth-order valence-corrected chi connectivity index (χ4v) is 10.2. The van der Waals surface area contributed by atoms with Gasteiger partial charge in [-0.2, -0.15) is 5.10 Å². The molecule has 2 unspecified atom stereocenters. The van der Waals surface area contributed by atoms with Gasteiger partial charge in [0.15, 0.2) is 11.2 Å². The van der Waals surface area contributed by atoms with Gasteiger partial charge < -0.3 is 50.3 Å². The van der Waals surface area contributed by atoms with Gasteiger partial charge in [0, 0.05) is 77.6 Å². The Labute approximate surface area is 463 Å². The molecule has 2 atom stereocenters. The van der Waals surface area contributed by atoms with Crippen LogP contribution in [0.5, 0.6) is 11.5 Å². The molecule has 1 saturated heterocycles. The summed E-state index contributed by atoms with van der Waals surface area (Å²) in [7, 11) is 6.94. The second-order valence-electron chi connectivity index (χ2n) is 21.0. The van der Waals surface area contributed by atoms with E-state index in [0.717, 1.165) is 12.0 Å². The Morgan fingerprint density at radius 2 is 1.29 bits per heavy atom. The minimum atomic E-state index is -1.68. The fraction of sp³-hybridized carbons (Fsp3) is 0.571. The first-order chi connectivity index (χ1) is 37.6. The number of carboxylic acid groups (broad SMARTS) is 4. The van der Waals surface area contributed by atoms with E-state index in [9.17, 15) is 54.0 Å². The molecule has 23 nitrogen and oxygen atoms in total. The van der Waals surface area contributed by atoms with Crippen molar-refractivity contribution in [2.24, 2.45) is 5.92 Å². The van der Waals surface area contributed by atoms with Crippen molar-refractivity contribution in [3.8, 4) is 28.4 Å². The molecule has 79 heavy (non-hydrogen) atoms. The fourth-order valence-electron chi connectivity index (χ4n) is 10.2. The first-order valence-electron chi connectivity index (χ1n) is 27.0. The van der Waals surface area contributed by atoms with E-state index in [1.807, 2.05) is 50.7 Å². The van der Waals surface area contributed by atoms with Gasteiger partial charge in [0.1, 0.15) is 11.5 Å². The summed E-state index contributed by atoms with van der Waals surface area (Å²) < 4.78 is 13.2. The molecule has 3 amide bonds. The highest BCUT2D eigenvalue weighted by Crippen LogP contribution is 2.42. The number of rotatable bonds is 26. The number of nitrogens with zero attached hydrogens (tertiary/aromatic N) is 8. The average molecular weight is 1100 g/mol. The zero-order valence-electron chi connectivity index (χ0n) is 47.0. The van der Waals surface area contributed by atoms with Crippen LogP contribution in [0.1, 0.15) is 91.6 Å². The lowest BCUT2D eigenvalue weighted by molar-refractivity contribution is -0.144. The van der Waals surface area contributed by atoms with E-state index in [2.05, 4.69) is 17.2 Å². The molecular formula is C56H82N10O13. The van der Waals surface area contributed by atoms with E-state index >= 15 is 0 Å². The summed E-state index contributed by atoms with van der Waals surface area (Å²) in [5.41, 5.74) is 1.28. The average Bonchev–Trinajstić information content (AvgIpc) is 3.85. The van der Waals surface area contributed by atoms with Crippen LogP contribution in [0.15, 0.2) is 54.6 Å². The van der Waals surface area contributed by atoms with Crippen molar-refractivity contribution < 1.29 is 63.5 Å². The summed E-state index contributed by atoms with van der Waals surface area (Å²) in [6.07, 6.45) is 3.19. The Bertz CT molecular complexity index is 2570. The smallest absolute Gasteiger partial charge is 0.333 e. The maximum absolute atomic E-state index is 14.7. The number of methoxy groups -OCH3 is 2.